The molecule has 2 rings (SSSR count). The van der Waals surface area contributed by atoms with Crippen LogP contribution in [0, 0.1) is 5.92 Å². The van der Waals surface area contributed by atoms with Crippen molar-refractivity contribution in [2.75, 3.05) is 46.4 Å². The molecule has 154 valence electrons. The molecule has 1 atom stereocenters. The molecule has 1 aliphatic heterocycles. The summed E-state index contributed by atoms with van der Waals surface area (Å²) in [6, 6.07) is 8.01. The van der Waals surface area contributed by atoms with E-state index in [1.165, 1.54) is 0 Å². The normalized spacial score (nSPS) is 18.1. The van der Waals surface area contributed by atoms with Crippen molar-refractivity contribution in [3.05, 3.63) is 29.8 Å². The van der Waals surface area contributed by atoms with Crippen LogP contribution in [0.25, 0.3) is 0 Å². The number of halogens is 1. The third kappa shape index (κ3) is 9.12. The van der Waals surface area contributed by atoms with Crippen LogP contribution in [0.2, 0.25) is 0 Å². The van der Waals surface area contributed by atoms with Crippen molar-refractivity contribution in [3.8, 4) is 5.75 Å². The standard InChI is InChI=1S/C20H34N4O2.HI/c1-5-21-20(22-12-17-6-8-18(25-4)9-7-17)23-13-19-15-24(10-11-26-19)14-16(2)3;/h6-9,16,19H,5,10-15H2,1-4H3,(H2,21,22,23);1H. The van der Waals surface area contributed by atoms with Gasteiger partial charge in [-0.05, 0) is 30.5 Å². The molecule has 27 heavy (non-hydrogen) atoms. The van der Waals surface area contributed by atoms with Crippen molar-refractivity contribution >= 4 is 29.9 Å². The highest BCUT2D eigenvalue weighted by Crippen LogP contribution is 2.12. The van der Waals surface area contributed by atoms with Crippen LogP contribution in [-0.2, 0) is 11.3 Å². The Morgan fingerprint density at radius 3 is 2.67 bits per heavy atom. The number of aliphatic imine (C=N–C) groups is 1. The van der Waals surface area contributed by atoms with Crippen LogP contribution in [-0.4, -0.2) is 63.4 Å². The Labute approximate surface area is 181 Å². The zero-order valence-electron chi connectivity index (χ0n) is 17.0. The van der Waals surface area contributed by atoms with Gasteiger partial charge >= 0.3 is 0 Å². The number of hydrogen-bond donors (Lipinski definition) is 2. The van der Waals surface area contributed by atoms with Crippen LogP contribution in [0.4, 0.5) is 0 Å². The molecule has 0 aliphatic carbocycles. The second-order valence-corrected chi connectivity index (χ2v) is 7.07. The number of hydrogen-bond acceptors (Lipinski definition) is 4. The minimum Gasteiger partial charge on any atom is -0.497 e. The molecule has 0 spiro atoms. The average molecular weight is 490 g/mol. The number of methoxy groups -OCH3 is 1. The molecule has 7 heteroatoms. The summed E-state index contributed by atoms with van der Waals surface area (Å²) in [6.45, 7) is 12.8. The molecule has 0 saturated carbocycles. The van der Waals surface area contributed by atoms with E-state index in [1.807, 2.05) is 24.3 Å². The topological polar surface area (TPSA) is 58.1 Å². The van der Waals surface area contributed by atoms with Crippen molar-refractivity contribution in [2.45, 2.75) is 33.4 Å². The van der Waals surface area contributed by atoms with Crippen LogP contribution >= 0.6 is 24.0 Å². The quantitative estimate of drug-likeness (QED) is 0.334. The predicted molar refractivity (Wildman–Crippen MR) is 122 cm³/mol. The molecule has 1 heterocycles. The zero-order chi connectivity index (χ0) is 18.8. The summed E-state index contributed by atoms with van der Waals surface area (Å²) in [5, 5.41) is 6.72. The van der Waals surface area contributed by atoms with E-state index in [4.69, 9.17) is 9.47 Å². The third-order valence-electron chi connectivity index (χ3n) is 4.27. The summed E-state index contributed by atoms with van der Waals surface area (Å²) < 4.78 is 11.1. The lowest BCUT2D eigenvalue weighted by Crippen LogP contribution is -2.50. The highest BCUT2D eigenvalue weighted by molar-refractivity contribution is 14.0. The Balaban J connectivity index is 0.00000364. The number of morpholine rings is 1. The molecule has 0 bridgehead atoms. The van der Waals surface area contributed by atoms with Crippen molar-refractivity contribution in [2.24, 2.45) is 10.9 Å². The first-order valence-electron chi connectivity index (χ1n) is 9.59. The number of rotatable bonds is 8. The molecule has 1 fully saturated rings. The number of nitrogens with zero attached hydrogens (tertiary/aromatic N) is 2. The molecule has 1 saturated heterocycles. The Kier molecular flexibility index (Phi) is 11.7. The van der Waals surface area contributed by atoms with Gasteiger partial charge in [0.15, 0.2) is 5.96 Å². The van der Waals surface area contributed by atoms with Gasteiger partial charge in [0.05, 0.1) is 26.4 Å². The number of nitrogens with one attached hydrogen (secondary N) is 2. The molecular weight excluding hydrogens is 455 g/mol. The first-order chi connectivity index (χ1) is 12.6. The number of benzene rings is 1. The molecule has 0 radical (unpaired) electrons. The smallest absolute Gasteiger partial charge is 0.191 e. The highest BCUT2D eigenvalue weighted by atomic mass is 127. The zero-order valence-corrected chi connectivity index (χ0v) is 19.4. The van der Waals surface area contributed by atoms with E-state index >= 15 is 0 Å². The average Bonchev–Trinajstić information content (AvgIpc) is 2.64. The van der Waals surface area contributed by atoms with Gasteiger partial charge in [-0.1, -0.05) is 26.0 Å². The fraction of sp³-hybridized carbons (Fsp3) is 0.650. The van der Waals surface area contributed by atoms with Crippen molar-refractivity contribution in [3.63, 3.8) is 0 Å². The molecule has 2 N–H and O–H groups in total. The van der Waals surface area contributed by atoms with Crippen molar-refractivity contribution in [1.29, 1.82) is 0 Å². The molecule has 6 nitrogen and oxygen atoms in total. The third-order valence-corrected chi connectivity index (χ3v) is 4.27. The molecule has 1 aromatic rings. The lowest BCUT2D eigenvalue weighted by atomic mass is 10.2. The van der Waals surface area contributed by atoms with Gasteiger partial charge in [-0.3, -0.25) is 4.90 Å². The minimum atomic E-state index is 0. The van der Waals surface area contributed by atoms with Gasteiger partial charge in [0.2, 0.25) is 0 Å². The SMILES string of the molecule is CCNC(=NCc1ccc(OC)cc1)NCC1CN(CC(C)C)CCO1.I. The molecule has 0 amide bonds. The lowest BCUT2D eigenvalue weighted by molar-refractivity contribution is -0.0284. The maximum Gasteiger partial charge on any atom is 0.191 e. The minimum absolute atomic E-state index is 0. The lowest BCUT2D eigenvalue weighted by Gasteiger charge is -2.34. The van der Waals surface area contributed by atoms with E-state index < -0.39 is 0 Å². The van der Waals surface area contributed by atoms with Gasteiger partial charge in [0.25, 0.3) is 0 Å². The maximum absolute atomic E-state index is 5.91. The predicted octanol–water partition coefficient (Wildman–Crippen LogP) is 2.73. The van der Waals surface area contributed by atoms with Crippen molar-refractivity contribution in [1.82, 2.24) is 15.5 Å². The largest absolute Gasteiger partial charge is 0.497 e. The fourth-order valence-electron chi connectivity index (χ4n) is 3.04. The first kappa shape index (κ1) is 24.0. The second kappa shape index (κ2) is 13.2. The Morgan fingerprint density at radius 1 is 1.30 bits per heavy atom. The number of guanidine groups is 1. The van der Waals surface area contributed by atoms with E-state index in [1.54, 1.807) is 7.11 Å². The van der Waals surface area contributed by atoms with Crippen LogP contribution in [0.1, 0.15) is 26.3 Å². The van der Waals surface area contributed by atoms with E-state index in [0.717, 1.165) is 56.6 Å². The first-order valence-corrected chi connectivity index (χ1v) is 9.59. The summed E-state index contributed by atoms with van der Waals surface area (Å²) >= 11 is 0. The van der Waals surface area contributed by atoms with Gasteiger partial charge in [-0.15, -0.1) is 24.0 Å². The van der Waals surface area contributed by atoms with Gasteiger partial charge in [-0.25, -0.2) is 4.99 Å². The molecule has 1 unspecified atom stereocenters. The summed E-state index contributed by atoms with van der Waals surface area (Å²) in [6.07, 6.45) is 0.201. The van der Waals surface area contributed by atoms with E-state index in [9.17, 15) is 0 Å². The van der Waals surface area contributed by atoms with Crippen LogP contribution in [0.15, 0.2) is 29.3 Å². The van der Waals surface area contributed by atoms with E-state index in [-0.39, 0.29) is 30.1 Å². The second-order valence-electron chi connectivity index (χ2n) is 7.07. The fourth-order valence-corrected chi connectivity index (χ4v) is 3.04. The van der Waals surface area contributed by atoms with Crippen LogP contribution < -0.4 is 15.4 Å². The Hall–Kier alpha value is -1.06. The van der Waals surface area contributed by atoms with Gasteiger partial charge in [-0.2, -0.15) is 0 Å². The molecular formula is C20H35IN4O2. The number of ether oxygens (including phenoxy) is 2. The Morgan fingerprint density at radius 2 is 2.04 bits per heavy atom. The van der Waals surface area contributed by atoms with Gasteiger partial charge in [0, 0.05) is 32.7 Å². The summed E-state index contributed by atoms with van der Waals surface area (Å²) in [7, 11) is 1.68. The van der Waals surface area contributed by atoms with Crippen LogP contribution in [0.3, 0.4) is 0 Å². The summed E-state index contributed by atoms with van der Waals surface area (Å²) in [5.74, 6) is 2.38. The van der Waals surface area contributed by atoms with Gasteiger partial charge in [0.1, 0.15) is 5.75 Å². The summed E-state index contributed by atoms with van der Waals surface area (Å²) in [5.41, 5.74) is 1.15. The summed E-state index contributed by atoms with van der Waals surface area (Å²) in [4.78, 5) is 7.16. The monoisotopic (exact) mass is 490 g/mol. The Bertz CT molecular complexity index is 551. The maximum atomic E-state index is 5.91. The molecule has 1 aromatic carbocycles. The molecule has 1 aliphatic rings. The molecule has 0 aromatic heterocycles. The van der Waals surface area contributed by atoms with E-state index in [0.29, 0.717) is 12.5 Å². The van der Waals surface area contributed by atoms with Crippen molar-refractivity contribution < 1.29 is 9.47 Å². The highest BCUT2D eigenvalue weighted by Gasteiger charge is 2.21. The van der Waals surface area contributed by atoms with E-state index in [2.05, 4.69) is 41.3 Å². The van der Waals surface area contributed by atoms with Gasteiger partial charge < -0.3 is 20.1 Å². The van der Waals surface area contributed by atoms with Crippen LogP contribution in [0.5, 0.6) is 5.75 Å².